The summed E-state index contributed by atoms with van der Waals surface area (Å²) in [4.78, 5) is 43.2. The Morgan fingerprint density at radius 3 is 2.45 bits per heavy atom. The number of anilines is 1. The second-order valence-electron chi connectivity index (χ2n) is 11.0. The molecule has 38 heavy (non-hydrogen) atoms. The molecule has 0 unspecified atom stereocenters. The number of nitrogens with one attached hydrogen (secondary N) is 2. The molecule has 2 aromatic rings. The normalized spacial score (nSPS) is 29.9. The third-order valence-corrected chi connectivity index (χ3v) is 8.71. The van der Waals surface area contributed by atoms with Crippen molar-refractivity contribution in [2.45, 2.75) is 69.4 Å². The summed E-state index contributed by atoms with van der Waals surface area (Å²) in [5.41, 5.74) is 1.46. The first kappa shape index (κ1) is 25.1. The van der Waals surface area contributed by atoms with Gasteiger partial charge in [-0.05, 0) is 49.6 Å². The zero-order chi connectivity index (χ0) is 26.4. The smallest absolute Gasteiger partial charge is 0.246 e. The Morgan fingerprint density at radius 2 is 1.74 bits per heavy atom. The minimum absolute atomic E-state index is 0.0922. The van der Waals surface area contributed by atoms with Crippen LogP contribution in [-0.2, 0) is 25.7 Å². The van der Waals surface area contributed by atoms with Crippen molar-refractivity contribution in [3.63, 3.8) is 0 Å². The highest BCUT2D eigenvalue weighted by Gasteiger charge is 2.72. The lowest BCUT2D eigenvalue weighted by molar-refractivity contribution is -0.142. The molecule has 1 spiro atoms. The van der Waals surface area contributed by atoms with Crippen LogP contribution in [0.2, 0.25) is 5.02 Å². The second-order valence-corrected chi connectivity index (χ2v) is 11.4. The fourth-order valence-electron chi connectivity index (χ4n) is 6.61. The van der Waals surface area contributed by atoms with Crippen molar-refractivity contribution < 1.29 is 19.1 Å². The average Bonchev–Trinajstić information content (AvgIpc) is 3.55. The Hall–Kier alpha value is -3.16. The first-order valence-electron chi connectivity index (χ1n) is 13.5. The fourth-order valence-corrected chi connectivity index (χ4v) is 6.74. The molecule has 3 heterocycles. The first-order valence-corrected chi connectivity index (χ1v) is 13.8. The van der Waals surface area contributed by atoms with Crippen LogP contribution in [0.25, 0.3) is 0 Å². The maximum atomic E-state index is 14.1. The zero-order valence-electron chi connectivity index (χ0n) is 21.4. The van der Waals surface area contributed by atoms with E-state index in [2.05, 4.69) is 10.6 Å². The molecule has 7 nitrogen and oxygen atoms in total. The molecule has 6 rings (SSSR count). The number of carbonyl (C=O) groups is 3. The Morgan fingerprint density at radius 1 is 1.03 bits per heavy atom. The van der Waals surface area contributed by atoms with E-state index >= 15 is 0 Å². The number of benzene rings is 2. The minimum Gasteiger partial charge on any atom is -0.359 e. The van der Waals surface area contributed by atoms with E-state index < -0.39 is 29.6 Å². The average molecular weight is 534 g/mol. The van der Waals surface area contributed by atoms with E-state index in [9.17, 15) is 14.4 Å². The van der Waals surface area contributed by atoms with Crippen LogP contribution < -0.4 is 10.6 Å². The number of ether oxygens (including phenoxy) is 1. The van der Waals surface area contributed by atoms with Gasteiger partial charge in [-0.15, -0.1) is 0 Å². The van der Waals surface area contributed by atoms with Crippen LogP contribution in [0.4, 0.5) is 5.69 Å². The second kappa shape index (κ2) is 9.86. The van der Waals surface area contributed by atoms with E-state index in [1.54, 1.807) is 29.2 Å². The molecule has 5 atom stereocenters. The Bertz CT molecular complexity index is 1270. The molecule has 4 aliphatic rings. The molecule has 3 amide bonds. The lowest BCUT2D eigenvalue weighted by atomic mass is 9.74. The molecule has 2 N–H and O–H groups in total. The zero-order valence-corrected chi connectivity index (χ0v) is 22.1. The Balaban J connectivity index is 1.32. The van der Waals surface area contributed by atoms with E-state index in [0.29, 0.717) is 10.7 Å². The van der Waals surface area contributed by atoms with E-state index in [1.807, 2.05) is 43.3 Å². The molecule has 0 radical (unpaired) electrons. The summed E-state index contributed by atoms with van der Waals surface area (Å²) >= 11 is 5.99. The van der Waals surface area contributed by atoms with Gasteiger partial charge in [-0.2, -0.15) is 0 Å². The van der Waals surface area contributed by atoms with Crippen molar-refractivity contribution in [1.29, 1.82) is 0 Å². The van der Waals surface area contributed by atoms with Gasteiger partial charge in [-0.3, -0.25) is 14.4 Å². The highest BCUT2D eigenvalue weighted by molar-refractivity contribution is 6.30. The number of hydrogen-bond donors (Lipinski definition) is 2. The van der Waals surface area contributed by atoms with E-state index in [1.165, 1.54) is 6.42 Å². The van der Waals surface area contributed by atoms with Crippen LogP contribution in [0.3, 0.4) is 0 Å². The van der Waals surface area contributed by atoms with Gasteiger partial charge in [0.05, 0.1) is 17.9 Å². The molecule has 1 aliphatic carbocycles. The number of aryl methyl sites for hydroxylation is 1. The molecule has 2 aromatic carbocycles. The maximum absolute atomic E-state index is 14.1. The van der Waals surface area contributed by atoms with Gasteiger partial charge < -0.3 is 20.3 Å². The first-order chi connectivity index (χ1) is 18.4. The standard InChI is InChI=1S/C30H32ClN3O4/c1-18-7-9-19(10-8-18)17-34-26(28(36)33-21-5-3-2-4-6-21)30-16-15-23(38-30)24(25(30)29(34)37)27(35)32-22-13-11-20(31)12-14-22/h7-16,21,23-26H,2-6,17H2,1H3,(H,32,35)(H,33,36)/t23-,24-,25-,26-,30+/m1/s1. The van der Waals surface area contributed by atoms with Gasteiger partial charge in [0.25, 0.3) is 0 Å². The van der Waals surface area contributed by atoms with E-state index in [-0.39, 0.29) is 30.3 Å². The SMILES string of the molecule is Cc1ccc(CN2C(=O)[C@H]3[C@H](C(=O)Nc4ccc(Cl)cc4)[C@H]4C=C[C@@]3(O4)[C@H]2C(=O)NC2CCCCC2)cc1. The predicted octanol–water partition coefficient (Wildman–Crippen LogP) is 4.39. The lowest BCUT2D eigenvalue weighted by Gasteiger charge is -2.34. The van der Waals surface area contributed by atoms with Crippen LogP contribution >= 0.6 is 11.6 Å². The van der Waals surface area contributed by atoms with Gasteiger partial charge in [0.1, 0.15) is 11.6 Å². The number of nitrogens with zero attached hydrogens (tertiary/aromatic N) is 1. The molecule has 3 aliphatic heterocycles. The number of rotatable bonds is 6. The van der Waals surface area contributed by atoms with Gasteiger partial charge in [0.2, 0.25) is 17.7 Å². The van der Waals surface area contributed by atoms with Crippen molar-refractivity contribution in [2.75, 3.05) is 5.32 Å². The van der Waals surface area contributed by atoms with Crippen LogP contribution in [0.1, 0.15) is 43.2 Å². The molecule has 198 valence electrons. The van der Waals surface area contributed by atoms with Gasteiger partial charge >= 0.3 is 0 Å². The van der Waals surface area contributed by atoms with E-state index in [0.717, 1.165) is 36.8 Å². The number of halogens is 1. The Kier molecular flexibility index (Phi) is 6.52. The topological polar surface area (TPSA) is 87.7 Å². The number of fused-ring (bicyclic) bond motifs is 1. The number of likely N-dealkylation sites (tertiary alicyclic amines) is 1. The van der Waals surface area contributed by atoms with Crippen molar-refractivity contribution in [1.82, 2.24) is 10.2 Å². The summed E-state index contributed by atoms with van der Waals surface area (Å²) in [6, 6.07) is 14.0. The van der Waals surface area contributed by atoms with Crippen molar-refractivity contribution >= 4 is 35.0 Å². The molecular weight excluding hydrogens is 502 g/mol. The predicted molar refractivity (Wildman–Crippen MR) is 144 cm³/mol. The highest BCUT2D eigenvalue weighted by Crippen LogP contribution is 2.55. The third-order valence-electron chi connectivity index (χ3n) is 8.46. The lowest BCUT2D eigenvalue weighted by Crippen LogP contribution is -2.56. The third kappa shape index (κ3) is 4.31. The summed E-state index contributed by atoms with van der Waals surface area (Å²) in [5.74, 6) is -2.25. The van der Waals surface area contributed by atoms with Gasteiger partial charge in [-0.25, -0.2) is 0 Å². The fraction of sp³-hybridized carbons (Fsp3) is 0.433. The quantitative estimate of drug-likeness (QED) is 0.539. The summed E-state index contributed by atoms with van der Waals surface area (Å²) < 4.78 is 6.44. The molecular formula is C30H32ClN3O4. The van der Waals surface area contributed by atoms with Crippen LogP contribution in [0, 0.1) is 18.8 Å². The van der Waals surface area contributed by atoms with Gasteiger partial charge in [0, 0.05) is 23.3 Å². The molecule has 2 saturated heterocycles. The summed E-state index contributed by atoms with van der Waals surface area (Å²) in [5, 5.41) is 6.72. The molecule has 0 aromatic heterocycles. The largest absolute Gasteiger partial charge is 0.359 e. The number of carbonyl (C=O) groups excluding carboxylic acids is 3. The monoisotopic (exact) mass is 533 g/mol. The van der Waals surface area contributed by atoms with Gasteiger partial charge in [0.15, 0.2) is 0 Å². The number of hydrogen-bond acceptors (Lipinski definition) is 4. The molecule has 2 bridgehead atoms. The highest BCUT2D eigenvalue weighted by atomic mass is 35.5. The molecule has 8 heteroatoms. The Labute approximate surface area is 227 Å². The van der Waals surface area contributed by atoms with Crippen molar-refractivity contribution in [3.05, 3.63) is 76.8 Å². The summed E-state index contributed by atoms with van der Waals surface area (Å²) in [6.45, 7) is 2.28. The number of amides is 3. The summed E-state index contributed by atoms with van der Waals surface area (Å²) in [7, 11) is 0. The van der Waals surface area contributed by atoms with Crippen molar-refractivity contribution in [2.24, 2.45) is 11.8 Å². The van der Waals surface area contributed by atoms with Crippen LogP contribution in [0.15, 0.2) is 60.7 Å². The molecule has 1 saturated carbocycles. The van der Waals surface area contributed by atoms with Crippen LogP contribution in [0.5, 0.6) is 0 Å². The van der Waals surface area contributed by atoms with Gasteiger partial charge in [-0.1, -0.05) is 72.8 Å². The molecule has 3 fully saturated rings. The maximum Gasteiger partial charge on any atom is 0.246 e. The summed E-state index contributed by atoms with van der Waals surface area (Å²) in [6.07, 6.45) is 8.35. The van der Waals surface area contributed by atoms with E-state index in [4.69, 9.17) is 16.3 Å². The minimum atomic E-state index is -1.17. The van der Waals surface area contributed by atoms with Crippen LogP contribution in [-0.4, -0.2) is 46.4 Å². The van der Waals surface area contributed by atoms with Crippen molar-refractivity contribution in [3.8, 4) is 0 Å².